The third-order valence-electron chi connectivity index (χ3n) is 2.38. The average molecular weight is 299 g/mol. The van der Waals surface area contributed by atoms with Crippen LogP contribution in [0.4, 0.5) is 4.39 Å². The summed E-state index contributed by atoms with van der Waals surface area (Å²) in [7, 11) is -3.61. The molecule has 0 saturated heterocycles. The molecule has 0 aliphatic rings. The molecule has 0 saturated carbocycles. The van der Waals surface area contributed by atoms with Crippen LogP contribution in [-0.2, 0) is 16.8 Å². The Morgan fingerprint density at radius 3 is 2.75 bits per heavy atom. The highest BCUT2D eigenvalue weighted by Crippen LogP contribution is 2.10. The van der Waals surface area contributed by atoms with Gasteiger partial charge in [0.25, 0.3) is 10.2 Å². The number of rotatable bonds is 6. The molecule has 0 amide bonds. The fourth-order valence-electron chi connectivity index (χ4n) is 1.40. The summed E-state index contributed by atoms with van der Waals surface area (Å²) in [6.45, 7) is 2.25. The van der Waals surface area contributed by atoms with Gasteiger partial charge in [0.15, 0.2) is 0 Å². The van der Waals surface area contributed by atoms with Crippen molar-refractivity contribution in [1.82, 2.24) is 9.44 Å². The first kappa shape index (κ1) is 16.6. The lowest BCUT2D eigenvalue weighted by atomic mass is 10.1. The quantitative estimate of drug-likeness (QED) is 0.668. The summed E-state index contributed by atoms with van der Waals surface area (Å²) >= 11 is 0. The first-order valence-corrected chi connectivity index (χ1v) is 7.68. The van der Waals surface area contributed by atoms with Gasteiger partial charge in [0, 0.05) is 24.2 Å². The zero-order valence-corrected chi connectivity index (χ0v) is 12.1. The van der Waals surface area contributed by atoms with Crippen molar-refractivity contribution in [2.24, 2.45) is 5.73 Å². The molecule has 7 heteroatoms. The highest BCUT2D eigenvalue weighted by Gasteiger charge is 2.10. The van der Waals surface area contributed by atoms with E-state index in [0.29, 0.717) is 18.5 Å². The molecule has 4 N–H and O–H groups in total. The summed E-state index contributed by atoms with van der Waals surface area (Å²) in [6.07, 6.45) is 0.680. The molecule has 0 aromatic heterocycles. The van der Waals surface area contributed by atoms with Gasteiger partial charge in [-0.15, -0.1) is 0 Å². The molecule has 0 radical (unpaired) electrons. The molecular formula is C13H18FN3O2S. The number of benzene rings is 1. The van der Waals surface area contributed by atoms with Gasteiger partial charge in [0.1, 0.15) is 5.82 Å². The van der Waals surface area contributed by atoms with Crippen molar-refractivity contribution < 1.29 is 12.8 Å². The van der Waals surface area contributed by atoms with Crippen LogP contribution in [0.1, 0.15) is 24.5 Å². The van der Waals surface area contributed by atoms with Crippen LogP contribution in [0.3, 0.4) is 0 Å². The van der Waals surface area contributed by atoms with Gasteiger partial charge < -0.3 is 5.73 Å². The molecule has 0 fully saturated rings. The Hall–Kier alpha value is -1.46. The van der Waals surface area contributed by atoms with Gasteiger partial charge >= 0.3 is 0 Å². The predicted molar refractivity (Wildman–Crippen MR) is 76.4 cm³/mol. The lowest BCUT2D eigenvalue weighted by molar-refractivity contribution is 0.560. The number of hydrogen-bond donors (Lipinski definition) is 3. The molecule has 0 bridgehead atoms. The lowest BCUT2D eigenvalue weighted by Gasteiger charge is -2.08. The fourth-order valence-corrected chi connectivity index (χ4v) is 2.32. The van der Waals surface area contributed by atoms with Gasteiger partial charge in [-0.1, -0.05) is 18.8 Å². The Kier molecular flexibility index (Phi) is 6.61. The molecule has 0 spiro atoms. The average Bonchev–Trinajstić information content (AvgIpc) is 2.43. The van der Waals surface area contributed by atoms with Crippen molar-refractivity contribution in [2.45, 2.75) is 19.9 Å². The van der Waals surface area contributed by atoms with Gasteiger partial charge in [0.2, 0.25) is 0 Å². The highest BCUT2D eigenvalue weighted by atomic mass is 32.2. The van der Waals surface area contributed by atoms with Crippen LogP contribution in [-0.4, -0.2) is 21.5 Å². The first-order valence-electron chi connectivity index (χ1n) is 6.20. The standard InChI is InChI=1S/C13H18FN3O2S/c1-2-8-16-20(18,19)17-10-12-9-11(4-3-7-15)5-6-13(12)14/h5-6,9,16-17H,2,7-8,10,15H2,1H3. The SMILES string of the molecule is CCCNS(=O)(=O)NCc1cc(C#CCN)ccc1F. The van der Waals surface area contributed by atoms with Crippen molar-refractivity contribution in [3.05, 3.63) is 35.1 Å². The molecule has 110 valence electrons. The molecule has 0 heterocycles. The van der Waals surface area contributed by atoms with Crippen molar-refractivity contribution in [2.75, 3.05) is 13.1 Å². The largest absolute Gasteiger partial charge is 0.320 e. The van der Waals surface area contributed by atoms with Crippen LogP contribution in [0.2, 0.25) is 0 Å². The molecule has 1 aromatic carbocycles. The van der Waals surface area contributed by atoms with E-state index in [2.05, 4.69) is 21.3 Å². The third kappa shape index (κ3) is 5.67. The minimum Gasteiger partial charge on any atom is -0.320 e. The Morgan fingerprint density at radius 1 is 1.35 bits per heavy atom. The lowest BCUT2D eigenvalue weighted by Crippen LogP contribution is -2.36. The number of nitrogens with one attached hydrogen (secondary N) is 2. The first-order chi connectivity index (χ1) is 9.48. The minimum absolute atomic E-state index is 0.136. The van der Waals surface area contributed by atoms with E-state index in [1.807, 2.05) is 6.92 Å². The van der Waals surface area contributed by atoms with E-state index in [1.54, 1.807) is 0 Å². The van der Waals surface area contributed by atoms with Crippen LogP contribution in [0.15, 0.2) is 18.2 Å². The van der Waals surface area contributed by atoms with Crippen molar-refractivity contribution in [1.29, 1.82) is 0 Å². The Balaban J connectivity index is 2.77. The molecule has 0 atom stereocenters. The second-order valence-corrected chi connectivity index (χ2v) is 5.62. The number of nitrogens with two attached hydrogens (primary N) is 1. The normalized spacial score (nSPS) is 10.9. The molecule has 5 nitrogen and oxygen atoms in total. The Bertz CT molecular complexity index is 606. The van der Waals surface area contributed by atoms with E-state index >= 15 is 0 Å². The van der Waals surface area contributed by atoms with Crippen molar-refractivity contribution in [3.8, 4) is 11.8 Å². The Labute approximate surface area is 118 Å². The van der Waals surface area contributed by atoms with Gasteiger partial charge in [-0.25, -0.2) is 9.11 Å². The van der Waals surface area contributed by atoms with Gasteiger partial charge in [-0.3, -0.25) is 0 Å². The zero-order chi connectivity index (χ0) is 15.0. The maximum absolute atomic E-state index is 13.6. The highest BCUT2D eigenvalue weighted by molar-refractivity contribution is 7.87. The summed E-state index contributed by atoms with van der Waals surface area (Å²) in [6, 6.07) is 4.27. The fraction of sp³-hybridized carbons (Fsp3) is 0.385. The maximum Gasteiger partial charge on any atom is 0.277 e. The predicted octanol–water partition coefficient (Wildman–Crippen LogP) is 0.470. The molecule has 1 rings (SSSR count). The summed E-state index contributed by atoms with van der Waals surface area (Å²) in [5.41, 5.74) is 6.08. The van der Waals surface area contributed by atoms with E-state index in [9.17, 15) is 12.8 Å². The third-order valence-corrected chi connectivity index (χ3v) is 3.48. The van der Waals surface area contributed by atoms with E-state index in [4.69, 9.17) is 5.73 Å². The van der Waals surface area contributed by atoms with Crippen LogP contribution in [0, 0.1) is 17.7 Å². The van der Waals surface area contributed by atoms with E-state index in [0.717, 1.165) is 0 Å². The van der Waals surface area contributed by atoms with Crippen molar-refractivity contribution in [3.63, 3.8) is 0 Å². The number of hydrogen-bond acceptors (Lipinski definition) is 3. The monoisotopic (exact) mass is 299 g/mol. The van der Waals surface area contributed by atoms with Crippen LogP contribution in [0.5, 0.6) is 0 Å². The molecule has 1 aromatic rings. The minimum atomic E-state index is -3.61. The summed E-state index contributed by atoms with van der Waals surface area (Å²) in [4.78, 5) is 0. The molecule has 0 unspecified atom stereocenters. The Morgan fingerprint density at radius 2 is 2.10 bits per heavy atom. The topological polar surface area (TPSA) is 84.2 Å². The van der Waals surface area contributed by atoms with Crippen LogP contribution >= 0.6 is 0 Å². The summed E-state index contributed by atoms with van der Waals surface area (Å²) in [5, 5.41) is 0. The second kappa shape index (κ2) is 7.97. The summed E-state index contributed by atoms with van der Waals surface area (Å²) < 4.78 is 41.3. The molecule has 0 aliphatic carbocycles. The van der Waals surface area contributed by atoms with Crippen LogP contribution in [0.25, 0.3) is 0 Å². The number of halogens is 1. The van der Waals surface area contributed by atoms with E-state index in [-0.39, 0.29) is 18.7 Å². The second-order valence-electron chi connectivity index (χ2n) is 4.03. The smallest absolute Gasteiger partial charge is 0.277 e. The van der Waals surface area contributed by atoms with Gasteiger partial charge in [-0.05, 0) is 24.6 Å². The maximum atomic E-state index is 13.6. The zero-order valence-electron chi connectivity index (χ0n) is 11.2. The molecule has 20 heavy (non-hydrogen) atoms. The van der Waals surface area contributed by atoms with Crippen molar-refractivity contribution >= 4 is 10.2 Å². The van der Waals surface area contributed by atoms with E-state index in [1.165, 1.54) is 18.2 Å². The van der Waals surface area contributed by atoms with Crippen LogP contribution < -0.4 is 15.2 Å². The summed E-state index contributed by atoms with van der Waals surface area (Å²) in [5.74, 6) is 4.94. The molecule has 0 aliphatic heterocycles. The van der Waals surface area contributed by atoms with Gasteiger partial charge in [0.05, 0.1) is 6.54 Å². The van der Waals surface area contributed by atoms with Gasteiger partial charge in [-0.2, -0.15) is 13.1 Å². The van der Waals surface area contributed by atoms with E-state index < -0.39 is 16.0 Å². The molecular weight excluding hydrogens is 281 g/mol.